The van der Waals surface area contributed by atoms with Gasteiger partial charge in [-0.25, -0.2) is 4.98 Å². The molecule has 2 atom stereocenters. The van der Waals surface area contributed by atoms with Gasteiger partial charge in [0, 0.05) is 25.4 Å². The van der Waals surface area contributed by atoms with E-state index in [1.165, 1.54) is 6.20 Å². The molecule has 0 aromatic carbocycles. The Kier molecular flexibility index (Phi) is 5.70. The van der Waals surface area contributed by atoms with Crippen molar-refractivity contribution in [3.05, 3.63) is 11.8 Å². The van der Waals surface area contributed by atoms with Gasteiger partial charge in [-0.3, -0.25) is 4.79 Å². The van der Waals surface area contributed by atoms with Crippen LogP contribution in [0.3, 0.4) is 0 Å². The van der Waals surface area contributed by atoms with Gasteiger partial charge in [0.1, 0.15) is 5.82 Å². The molecule has 0 aliphatic heterocycles. The highest BCUT2D eigenvalue weighted by molar-refractivity contribution is 5.97. The highest BCUT2D eigenvalue weighted by atomic mass is 16.5. The van der Waals surface area contributed by atoms with Crippen molar-refractivity contribution in [1.29, 1.82) is 0 Å². The van der Waals surface area contributed by atoms with Crippen molar-refractivity contribution < 1.29 is 14.6 Å². The summed E-state index contributed by atoms with van der Waals surface area (Å²) in [4.78, 5) is 20.4. The molecule has 2 saturated carbocycles. The zero-order valence-corrected chi connectivity index (χ0v) is 14.6. The van der Waals surface area contributed by atoms with Gasteiger partial charge in [-0.2, -0.15) is 4.98 Å². The molecule has 8 heteroatoms. The molecule has 2 fully saturated rings. The lowest BCUT2D eigenvalue weighted by Crippen LogP contribution is -2.30. The van der Waals surface area contributed by atoms with Crippen molar-refractivity contribution in [2.24, 2.45) is 5.73 Å². The van der Waals surface area contributed by atoms with E-state index in [2.05, 4.69) is 20.6 Å². The van der Waals surface area contributed by atoms with E-state index in [9.17, 15) is 9.90 Å². The van der Waals surface area contributed by atoms with Gasteiger partial charge in [-0.1, -0.05) is 0 Å². The third kappa shape index (κ3) is 4.58. The summed E-state index contributed by atoms with van der Waals surface area (Å²) in [5, 5.41) is 16.3. The first kappa shape index (κ1) is 17.9. The van der Waals surface area contributed by atoms with Crippen molar-refractivity contribution in [2.75, 3.05) is 17.7 Å². The van der Waals surface area contributed by atoms with Crippen LogP contribution in [0.5, 0.6) is 0 Å². The number of nitrogens with one attached hydrogen (secondary N) is 2. The summed E-state index contributed by atoms with van der Waals surface area (Å²) in [6.45, 7) is 0. The Bertz CT molecular complexity index is 604. The number of hydrogen-bond acceptors (Lipinski definition) is 7. The Balaban J connectivity index is 1.68. The largest absolute Gasteiger partial charge is 0.393 e. The number of methoxy groups -OCH3 is 1. The third-order valence-electron chi connectivity index (χ3n) is 5.14. The highest BCUT2D eigenvalue weighted by Gasteiger charge is 2.25. The summed E-state index contributed by atoms with van der Waals surface area (Å²) in [6, 6.07) is 0.389. The molecule has 5 N–H and O–H groups in total. The van der Waals surface area contributed by atoms with Crippen LogP contribution in [0.4, 0.5) is 11.8 Å². The van der Waals surface area contributed by atoms with E-state index >= 15 is 0 Å². The molecule has 1 heterocycles. The average molecular weight is 349 g/mol. The fourth-order valence-electron chi connectivity index (χ4n) is 3.65. The van der Waals surface area contributed by atoms with Crippen LogP contribution in [0.2, 0.25) is 0 Å². The molecular formula is C17H27N5O3. The van der Waals surface area contributed by atoms with E-state index in [-0.39, 0.29) is 17.7 Å². The van der Waals surface area contributed by atoms with Crippen molar-refractivity contribution in [3.8, 4) is 0 Å². The summed E-state index contributed by atoms with van der Waals surface area (Å²) < 4.78 is 5.39. The molecule has 0 radical (unpaired) electrons. The lowest BCUT2D eigenvalue weighted by atomic mass is 9.93. The molecule has 1 aromatic heterocycles. The van der Waals surface area contributed by atoms with Crippen molar-refractivity contribution in [2.45, 2.75) is 69.2 Å². The summed E-state index contributed by atoms with van der Waals surface area (Å²) in [5.41, 5.74) is 5.71. The Morgan fingerprint density at radius 1 is 1.20 bits per heavy atom. The standard InChI is InChI=1S/C17H27N5O3/c1-25-13-6-3-10(4-7-13)21-17-19-9-14(15(18)24)16(22-17)20-11-2-5-12(23)8-11/h9-13,23H,2-8H2,1H3,(H2,18,24)(H2,19,20,21,22)/t10?,11-,12-,13?/m1/s1. The van der Waals surface area contributed by atoms with Crippen LogP contribution >= 0.6 is 0 Å². The monoisotopic (exact) mass is 349 g/mol. The normalized spacial score (nSPS) is 29.4. The fraction of sp³-hybridized carbons (Fsp3) is 0.706. The van der Waals surface area contributed by atoms with E-state index in [4.69, 9.17) is 10.5 Å². The second-order valence-corrected chi connectivity index (χ2v) is 6.98. The Morgan fingerprint density at radius 2 is 1.92 bits per heavy atom. The number of anilines is 2. The molecule has 0 unspecified atom stereocenters. The average Bonchev–Trinajstić information content (AvgIpc) is 3.00. The lowest BCUT2D eigenvalue weighted by molar-refractivity contribution is 0.0681. The van der Waals surface area contributed by atoms with Crippen LogP contribution in [0.25, 0.3) is 0 Å². The number of aliphatic hydroxyl groups is 1. The number of nitrogens with two attached hydrogens (primary N) is 1. The minimum atomic E-state index is -0.562. The maximum Gasteiger partial charge on any atom is 0.254 e. The number of carbonyl (C=O) groups is 1. The summed E-state index contributed by atoms with van der Waals surface area (Å²) >= 11 is 0. The molecule has 3 rings (SSSR count). The number of hydrogen-bond donors (Lipinski definition) is 4. The number of rotatable bonds is 6. The van der Waals surface area contributed by atoms with Gasteiger partial charge < -0.3 is 26.2 Å². The summed E-state index contributed by atoms with van der Waals surface area (Å²) in [5.74, 6) is 0.370. The molecule has 0 saturated heterocycles. The molecule has 138 valence electrons. The predicted molar refractivity (Wildman–Crippen MR) is 94.5 cm³/mol. The second-order valence-electron chi connectivity index (χ2n) is 6.98. The molecule has 2 aliphatic carbocycles. The number of ether oxygens (including phenoxy) is 1. The number of amides is 1. The van der Waals surface area contributed by atoms with Gasteiger partial charge in [-0.15, -0.1) is 0 Å². The van der Waals surface area contributed by atoms with Gasteiger partial charge in [0.25, 0.3) is 5.91 Å². The number of aromatic nitrogens is 2. The van der Waals surface area contributed by atoms with Gasteiger partial charge >= 0.3 is 0 Å². The lowest BCUT2D eigenvalue weighted by Gasteiger charge is -2.28. The smallest absolute Gasteiger partial charge is 0.254 e. The summed E-state index contributed by atoms with van der Waals surface area (Å²) in [6.07, 6.45) is 7.76. The maximum absolute atomic E-state index is 11.6. The molecule has 0 bridgehead atoms. The van der Waals surface area contributed by atoms with Crippen molar-refractivity contribution >= 4 is 17.7 Å². The molecule has 2 aliphatic rings. The van der Waals surface area contributed by atoms with Gasteiger partial charge in [0.15, 0.2) is 0 Å². The number of carbonyl (C=O) groups excluding carboxylic acids is 1. The van der Waals surface area contributed by atoms with E-state index in [1.807, 2.05) is 0 Å². The van der Waals surface area contributed by atoms with Gasteiger partial charge in [-0.05, 0) is 44.9 Å². The molecule has 8 nitrogen and oxygen atoms in total. The Morgan fingerprint density at radius 3 is 2.52 bits per heavy atom. The summed E-state index contributed by atoms with van der Waals surface area (Å²) in [7, 11) is 1.75. The van der Waals surface area contributed by atoms with Crippen molar-refractivity contribution in [3.63, 3.8) is 0 Å². The molecule has 0 spiro atoms. The first-order valence-corrected chi connectivity index (χ1v) is 8.96. The van der Waals surface area contributed by atoms with Crippen LogP contribution in [0.1, 0.15) is 55.3 Å². The van der Waals surface area contributed by atoms with Gasteiger partial charge in [0.2, 0.25) is 5.95 Å². The molecular weight excluding hydrogens is 322 g/mol. The molecule has 25 heavy (non-hydrogen) atoms. The maximum atomic E-state index is 11.6. The molecule has 1 aromatic rings. The first-order chi connectivity index (χ1) is 12.0. The Labute approximate surface area is 147 Å². The molecule has 1 amide bonds. The number of nitrogens with zero attached hydrogens (tertiary/aromatic N) is 2. The van der Waals surface area contributed by atoms with Crippen LogP contribution in [-0.2, 0) is 4.74 Å². The predicted octanol–water partition coefficient (Wildman–Crippen LogP) is 1.27. The Hall–Kier alpha value is -1.93. The van der Waals surface area contributed by atoms with E-state index < -0.39 is 5.91 Å². The van der Waals surface area contributed by atoms with Crippen LogP contribution in [-0.4, -0.2) is 52.4 Å². The van der Waals surface area contributed by atoms with E-state index in [1.54, 1.807) is 7.11 Å². The first-order valence-electron chi connectivity index (χ1n) is 8.96. The van der Waals surface area contributed by atoms with Gasteiger partial charge in [0.05, 0.1) is 17.8 Å². The van der Waals surface area contributed by atoms with E-state index in [0.29, 0.717) is 30.3 Å². The second kappa shape index (κ2) is 7.97. The highest BCUT2D eigenvalue weighted by Crippen LogP contribution is 2.26. The minimum Gasteiger partial charge on any atom is -0.393 e. The SMILES string of the molecule is COC1CCC(Nc2ncc(C(N)=O)c(N[C@@H]3CC[C@@H](O)C3)n2)CC1. The number of primary amides is 1. The zero-order chi connectivity index (χ0) is 17.8. The zero-order valence-electron chi connectivity index (χ0n) is 14.6. The third-order valence-corrected chi connectivity index (χ3v) is 5.14. The van der Waals surface area contributed by atoms with Crippen LogP contribution in [0.15, 0.2) is 6.20 Å². The number of aliphatic hydroxyl groups excluding tert-OH is 1. The quantitative estimate of drug-likeness (QED) is 0.610. The fourth-order valence-corrected chi connectivity index (χ4v) is 3.65. The minimum absolute atomic E-state index is 0.0907. The van der Waals surface area contributed by atoms with Crippen LogP contribution < -0.4 is 16.4 Å². The van der Waals surface area contributed by atoms with E-state index in [0.717, 1.165) is 38.5 Å². The topological polar surface area (TPSA) is 122 Å². The van der Waals surface area contributed by atoms with Crippen molar-refractivity contribution in [1.82, 2.24) is 9.97 Å². The van der Waals surface area contributed by atoms with Crippen LogP contribution in [0, 0.1) is 0 Å².